The number of aliphatic carboxylic acids is 1. The van der Waals surface area contributed by atoms with Gasteiger partial charge in [-0.2, -0.15) is 5.10 Å². The molecule has 0 aliphatic rings. The Morgan fingerprint density at radius 2 is 2.17 bits per heavy atom. The SMILES string of the molecule is CC[C@@H](NC(=O)NC(C)Cn1cccn1)C(=O)O. The van der Waals surface area contributed by atoms with Crippen molar-refractivity contribution in [2.45, 2.75) is 38.9 Å². The van der Waals surface area contributed by atoms with Crippen LogP contribution in [0.3, 0.4) is 0 Å². The van der Waals surface area contributed by atoms with Gasteiger partial charge in [-0.15, -0.1) is 0 Å². The number of amides is 2. The van der Waals surface area contributed by atoms with Gasteiger partial charge in [0.05, 0.1) is 6.54 Å². The molecule has 100 valence electrons. The summed E-state index contributed by atoms with van der Waals surface area (Å²) in [6.07, 6.45) is 3.79. The van der Waals surface area contributed by atoms with Gasteiger partial charge in [-0.25, -0.2) is 9.59 Å². The van der Waals surface area contributed by atoms with Gasteiger partial charge in [0.1, 0.15) is 6.04 Å². The van der Waals surface area contributed by atoms with Crippen LogP contribution in [0.5, 0.6) is 0 Å². The Kier molecular flexibility index (Phi) is 5.16. The van der Waals surface area contributed by atoms with Gasteiger partial charge in [-0.05, 0) is 19.4 Å². The first-order valence-corrected chi connectivity index (χ1v) is 5.80. The van der Waals surface area contributed by atoms with E-state index >= 15 is 0 Å². The van der Waals surface area contributed by atoms with Gasteiger partial charge < -0.3 is 15.7 Å². The molecule has 0 aliphatic heterocycles. The third-order valence-corrected chi connectivity index (χ3v) is 2.41. The number of urea groups is 1. The van der Waals surface area contributed by atoms with E-state index < -0.39 is 18.0 Å². The van der Waals surface area contributed by atoms with Crippen LogP contribution in [0.1, 0.15) is 20.3 Å². The summed E-state index contributed by atoms with van der Waals surface area (Å²) in [6, 6.07) is 0.312. The molecule has 2 amide bonds. The number of hydrogen-bond donors (Lipinski definition) is 3. The van der Waals surface area contributed by atoms with E-state index in [1.165, 1.54) is 0 Å². The minimum absolute atomic E-state index is 0.142. The molecule has 1 rings (SSSR count). The van der Waals surface area contributed by atoms with Crippen LogP contribution in [-0.4, -0.2) is 39.0 Å². The van der Waals surface area contributed by atoms with Crippen LogP contribution in [0.25, 0.3) is 0 Å². The predicted molar refractivity (Wildman–Crippen MR) is 65.1 cm³/mol. The summed E-state index contributed by atoms with van der Waals surface area (Å²) in [5.41, 5.74) is 0. The van der Waals surface area contributed by atoms with Crippen molar-refractivity contribution in [2.24, 2.45) is 0 Å². The molecule has 0 saturated carbocycles. The second kappa shape index (κ2) is 6.63. The summed E-state index contributed by atoms with van der Waals surface area (Å²) in [5, 5.41) is 17.9. The summed E-state index contributed by atoms with van der Waals surface area (Å²) >= 11 is 0. The fourth-order valence-electron chi connectivity index (χ4n) is 1.50. The molecule has 0 aliphatic carbocycles. The van der Waals surface area contributed by atoms with Crippen LogP contribution < -0.4 is 10.6 Å². The third-order valence-electron chi connectivity index (χ3n) is 2.41. The zero-order valence-corrected chi connectivity index (χ0v) is 10.5. The lowest BCUT2D eigenvalue weighted by molar-refractivity contribution is -0.139. The Morgan fingerprint density at radius 1 is 1.44 bits per heavy atom. The quantitative estimate of drug-likeness (QED) is 0.686. The van der Waals surface area contributed by atoms with Gasteiger partial charge >= 0.3 is 12.0 Å². The molecule has 7 heteroatoms. The highest BCUT2D eigenvalue weighted by Gasteiger charge is 2.18. The minimum Gasteiger partial charge on any atom is -0.480 e. The highest BCUT2D eigenvalue weighted by atomic mass is 16.4. The van der Waals surface area contributed by atoms with Gasteiger partial charge in [-0.1, -0.05) is 6.92 Å². The number of hydrogen-bond acceptors (Lipinski definition) is 3. The first-order valence-electron chi connectivity index (χ1n) is 5.80. The largest absolute Gasteiger partial charge is 0.480 e. The van der Waals surface area contributed by atoms with Gasteiger partial charge in [0.2, 0.25) is 0 Å². The molecule has 2 atom stereocenters. The maximum absolute atomic E-state index is 11.5. The highest BCUT2D eigenvalue weighted by Crippen LogP contribution is 1.93. The van der Waals surface area contributed by atoms with Crippen molar-refractivity contribution < 1.29 is 14.7 Å². The molecule has 18 heavy (non-hydrogen) atoms. The Morgan fingerprint density at radius 3 is 2.67 bits per heavy atom. The average Bonchev–Trinajstić information content (AvgIpc) is 2.77. The molecule has 0 bridgehead atoms. The Bertz CT molecular complexity index is 391. The van der Waals surface area contributed by atoms with Gasteiger partial charge in [0.15, 0.2) is 0 Å². The average molecular weight is 254 g/mol. The summed E-state index contributed by atoms with van der Waals surface area (Å²) in [5.74, 6) is -1.03. The number of nitrogens with one attached hydrogen (secondary N) is 2. The number of carbonyl (C=O) groups is 2. The molecular formula is C11H18N4O3. The number of nitrogens with zero attached hydrogens (tertiary/aromatic N) is 2. The van der Waals surface area contributed by atoms with Crippen LogP contribution >= 0.6 is 0 Å². The molecule has 1 aromatic rings. The molecule has 0 fully saturated rings. The van der Waals surface area contributed by atoms with E-state index in [4.69, 9.17) is 5.11 Å². The zero-order valence-electron chi connectivity index (χ0n) is 10.5. The van der Waals surface area contributed by atoms with Crippen LogP contribution in [0, 0.1) is 0 Å². The van der Waals surface area contributed by atoms with Gasteiger partial charge in [-0.3, -0.25) is 4.68 Å². The summed E-state index contributed by atoms with van der Waals surface area (Å²) in [6.45, 7) is 4.06. The molecule has 1 heterocycles. The lowest BCUT2D eigenvalue weighted by Crippen LogP contribution is -2.49. The van der Waals surface area contributed by atoms with Crippen molar-refractivity contribution in [3.63, 3.8) is 0 Å². The number of rotatable bonds is 6. The summed E-state index contributed by atoms with van der Waals surface area (Å²) < 4.78 is 1.69. The number of carboxylic acids is 1. The normalized spacial score (nSPS) is 13.7. The standard InChI is InChI=1S/C11H18N4O3/c1-3-9(10(16)17)14-11(18)13-8(2)7-15-6-4-5-12-15/h4-6,8-9H,3,7H2,1-2H3,(H,16,17)(H2,13,14,18)/t8?,9-/m1/s1. The van der Waals surface area contributed by atoms with Crippen molar-refractivity contribution in [1.29, 1.82) is 0 Å². The molecule has 1 unspecified atom stereocenters. The fraction of sp³-hybridized carbons (Fsp3) is 0.545. The molecule has 0 aromatic carbocycles. The second-order valence-electron chi connectivity index (χ2n) is 4.05. The fourth-order valence-corrected chi connectivity index (χ4v) is 1.50. The summed E-state index contributed by atoms with van der Waals surface area (Å²) in [7, 11) is 0. The van der Waals surface area contributed by atoms with Crippen LogP contribution in [0.4, 0.5) is 4.79 Å². The minimum atomic E-state index is -1.03. The van der Waals surface area contributed by atoms with E-state index in [9.17, 15) is 9.59 Å². The molecular weight excluding hydrogens is 236 g/mol. The summed E-state index contributed by atoms with van der Waals surface area (Å²) in [4.78, 5) is 22.3. The van der Waals surface area contributed by atoms with Crippen molar-refractivity contribution >= 4 is 12.0 Å². The smallest absolute Gasteiger partial charge is 0.326 e. The Balaban J connectivity index is 2.37. The van der Waals surface area contributed by atoms with E-state index in [0.29, 0.717) is 13.0 Å². The second-order valence-corrected chi connectivity index (χ2v) is 4.05. The van der Waals surface area contributed by atoms with Gasteiger partial charge in [0.25, 0.3) is 0 Å². The molecule has 0 spiro atoms. The van der Waals surface area contributed by atoms with Crippen molar-refractivity contribution in [2.75, 3.05) is 0 Å². The van der Waals surface area contributed by atoms with Crippen molar-refractivity contribution in [3.05, 3.63) is 18.5 Å². The monoisotopic (exact) mass is 254 g/mol. The first kappa shape index (κ1) is 14.0. The third kappa shape index (κ3) is 4.44. The highest BCUT2D eigenvalue weighted by molar-refractivity contribution is 5.82. The Labute approximate surface area is 105 Å². The number of carbonyl (C=O) groups excluding carboxylic acids is 1. The van der Waals surface area contributed by atoms with Crippen LogP contribution in [-0.2, 0) is 11.3 Å². The maximum Gasteiger partial charge on any atom is 0.326 e. The van der Waals surface area contributed by atoms with E-state index in [0.717, 1.165) is 0 Å². The van der Waals surface area contributed by atoms with E-state index in [-0.39, 0.29) is 6.04 Å². The molecule has 0 radical (unpaired) electrons. The molecule has 7 nitrogen and oxygen atoms in total. The lowest BCUT2D eigenvalue weighted by Gasteiger charge is -2.17. The van der Waals surface area contributed by atoms with Crippen molar-refractivity contribution in [3.8, 4) is 0 Å². The van der Waals surface area contributed by atoms with Crippen molar-refractivity contribution in [1.82, 2.24) is 20.4 Å². The van der Waals surface area contributed by atoms with E-state index in [2.05, 4.69) is 15.7 Å². The van der Waals surface area contributed by atoms with Crippen LogP contribution in [0.15, 0.2) is 18.5 Å². The molecule has 3 N–H and O–H groups in total. The van der Waals surface area contributed by atoms with Gasteiger partial charge in [0, 0.05) is 18.4 Å². The molecule has 0 saturated heterocycles. The first-order chi connectivity index (χ1) is 8.52. The van der Waals surface area contributed by atoms with E-state index in [1.54, 1.807) is 30.1 Å². The Hall–Kier alpha value is -2.05. The maximum atomic E-state index is 11.5. The number of aromatic nitrogens is 2. The predicted octanol–water partition coefficient (Wildman–Crippen LogP) is 0.434. The topological polar surface area (TPSA) is 96.3 Å². The van der Waals surface area contributed by atoms with Crippen LogP contribution in [0.2, 0.25) is 0 Å². The zero-order chi connectivity index (χ0) is 13.5. The lowest BCUT2D eigenvalue weighted by atomic mass is 10.2. The number of carboxylic acid groups (broad SMARTS) is 1. The van der Waals surface area contributed by atoms with E-state index in [1.807, 2.05) is 6.92 Å². The molecule has 1 aromatic heterocycles.